The molecular weight excluding hydrogens is 500 g/mol. The Morgan fingerprint density at radius 1 is 1.12 bits per heavy atom. The van der Waals surface area contributed by atoms with Crippen LogP contribution < -0.4 is 10.5 Å². The number of nitrogens with zero attached hydrogens (tertiary/aromatic N) is 5. The lowest BCUT2D eigenvalue weighted by molar-refractivity contribution is 0.0792. The van der Waals surface area contributed by atoms with Crippen molar-refractivity contribution in [2.24, 2.45) is 11.7 Å². The Bertz CT molecular complexity index is 1710. The zero-order valence-electron chi connectivity index (χ0n) is 23.3. The summed E-state index contributed by atoms with van der Waals surface area (Å²) in [4.78, 5) is 26.1. The third kappa shape index (κ3) is 3.58. The molecular formula is C32H36N6O2. The first-order chi connectivity index (χ1) is 19.5. The monoisotopic (exact) mass is 536 g/mol. The summed E-state index contributed by atoms with van der Waals surface area (Å²) in [7, 11) is 1.69. The Balaban J connectivity index is 1.32. The van der Waals surface area contributed by atoms with E-state index in [0.29, 0.717) is 23.3 Å². The second kappa shape index (κ2) is 8.93. The highest BCUT2D eigenvalue weighted by atomic mass is 16.5. The third-order valence-electron chi connectivity index (χ3n) is 9.58. The Hall–Kier alpha value is -3.65. The summed E-state index contributed by atoms with van der Waals surface area (Å²) < 4.78 is 10.5. The number of hydrogen-bond donors (Lipinski definition) is 1. The maximum absolute atomic E-state index is 13.8. The fourth-order valence-electron chi connectivity index (χ4n) is 7.02. The van der Waals surface area contributed by atoms with Crippen LogP contribution in [0.5, 0.6) is 5.88 Å². The van der Waals surface area contributed by atoms with Gasteiger partial charge >= 0.3 is 0 Å². The molecule has 8 nitrogen and oxygen atoms in total. The van der Waals surface area contributed by atoms with E-state index in [1.807, 2.05) is 17.0 Å². The van der Waals surface area contributed by atoms with Gasteiger partial charge in [0.05, 0.1) is 18.5 Å². The van der Waals surface area contributed by atoms with E-state index in [1.165, 1.54) is 25.0 Å². The van der Waals surface area contributed by atoms with Crippen molar-refractivity contribution in [2.75, 3.05) is 7.11 Å². The van der Waals surface area contributed by atoms with Crippen LogP contribution in [0.1, 0.15) is 79.5 Å². The first-order valence-corrected chi connectivity index (χ1v) is 14.9. The lowest BCUT2D eigenvalue weighted by Gasteiger charge is -2.27. The zero-order chi connectivity index (χ0) is 27.1. The number of ether oxygens (including phenoxy) is 1. The Kier molecular flexibility index (Phi) is 5.40. The number of pyridine rings is 2. The molecule has 0 radical (unpaired) electrons. The summed E-state index contributed by atoms with van der Waals surface area (Å²) >= 11 is 0. The van der Waals surface area contributed by atoms with Crippen molar-refractivity contribution < 1.29 is 9.53 Å². The van der Waals surface area contributed by atoms with Gasteiger partial charge in [0.25, 0.3) is 5.91 Å². The largest absolute Gasteiger partial charge is 0.482 e. The van der Waals surface area contributed by atoms with Crippen LogP contribution in [0.15, 0.2) is 42.1 Å². The van der Waals surface area contributed by atoms with Gasteiger partial charge in [-0.1, -0.05) is 19.4 Å². The van der Waals surface area contributed by atoms with Crippen LogP contribution in [0, 0.1) is 5.92 Å². The predicted molar refractivity (Wildman–Crippen MR) is 154 cm³/mol. The van der Waals surface area contributed by atoms with E-state index in [0.717, 1.165) is 78.1 Å². The predicted octanol–water partition coefficient (Wildman–Crippen LogP) is 5.43. The average Bonchev–Trinajstić information content (AvgIpc) is 3.24. The van der Waals surface area contributed by atoms with Crippen LogP contribution >= 0.6 is 0 Å². The second-order valence-corrected chi connectivity index (χ2v) is 12.1. The zero-order valence-corrected chi connectivity index (χ0v) is 23.3. The summed E-state index contributed by atoms with van der Waals surface area (Å²) in [6, 6.07) is 10.5. The highest BCUT2D eigenvalue weighted by Crippen LogP contribution is 2.45. The number of methoxy groups -OCH3 is 1. The normalized spacial score (nSPS) is 22.4. The van der Waals surface area contributed by atoms with Crippen molar-refractivity contribution in [3.8, 4) is 17.3 Å². The molecule has 1 saturated heterocycles. The van der Waals surface area contributed by atoms with Gasteiger partial charge in [-0.15, -0.1) is 0 Å². The lowest BCUT2D eigenvalue weighted by Crippen LogP contribution is -2.31. The molecule has 6 heterocycles. The molecule has 1 amide bonds. The molecule has 3 fully saturated rings. The van der Waals surface area contributed by atoms with Crippen molar-refractivity contribution in [1.29, 1.82) is 0 Å². The standard InChI is InChI=1S/C32H36N6O2/c1-3-22-10-9-20-13-26(36(31(20)34-22)17-18-7-8-18)29-30(19-5-4-6-19)38-27(35-29)14-21(15-28(38)40-2)32(39)37-23-11-12-25(37)24(33)16-23/h9-10,12-15,18-19,23-24H,3-8,11,16-17,33H2,1-2H3/t23-,24+/m0/s1. The fraction of sp³-hybridized carbons (Fsp3) is 0.469. The number of carbonyl (C=O) groups is 1. The summed E-state index contributed by atoms with van der Waals surface area (Å²) in [6.07, 6.45) is 10.8. The lowest BCUT2D eigenvalue weighted by atomic mass is 9.81. The Labute approximate surface area is 233 Å². The van der Waals surface area contributed by atoms with Crippen molar-refractivity contribution in [1.82, 2.24) is 23.8 Å². The first-order valence-electron chi connectivity index (χ1n) is 14.9. The summed E-state index contributed by atoms with van der Waals surface area (Å²) in [5.41, 5.74) is 14.1. The maximum atomic E-state index is 13.8. The van der Waals surface area contributed by atoms with Gasteiger partial charge in [-0.2, -0.15) is 0 Å². The molecule has 8 heteroatoms. The van der Waals surface area contributed by atoms with Crippen molar-refractivity contribution in [3.05, 3.63) is 59.1 Å². The number of hydrogen-bond acceptors (Lipinski definition) is 5. The molecule has 2 N–H and O–H groups in total. The van der Waals surface area contributed by atoms with Gasteiger partial charge in [0.2, 0.25) is 0 Å². The Morgan fingerprint density at radius 2 is 1.98 bits per heavy atom. The van der Waals surface area contributed by atoms with E-state index in [4.69, 9.17) is 20.4 Å². The van der Waals surface area contributed by atoms with Crippen molar-refractivity contribution in [2.45, 2.75) is 82.8 Å². The van der Waals surface area contributed by atoms with Crippen LogP contribution in [0.2, 0.25) is 0 Å². The number of aromatic nitrogens is 4. The molecule has 2 bridgehead atoms. The van der Waals surface area contributed by atoms with Crippen LogP contribution in [-0.2, 0) is 13.0 Å². The smallest absolute Gasteiger partial charge is 0.258 e. The van der Waals surface area contributed by atoms with Gasteiger partial charge in [-0.3, -0.25) is 9.20 Å². The summed E-state index contributed by atoms with van der Waals surface area (Å²) in [5.74, 6) is 1.74. The number of nitrogens with two attached hydrogens (primary N) is 1. The highest BCUT2D eigenvalue weighted by Gasteiger charge is 2.42. The van der Waals surface area contributed by atoms with Gasteiger partial charge in [0, 0.05) is 53.0 Å². The SMILES string of the molecule is CCc1ccc2cc(-c3nc4cc(C(=O)N5C6=CC[C@H]5C[C@H]6N)cc(OC)n4c3C3CCC3)n(CC3CC3)c2n1. The minimum Gasteiger partial charge on any atom is -0.482 e. The highest BCUT2D eigenvalue weighted by molar-refractivity contribution is 5.98. The molecule has 0 aromatic carbocycles. The molecule has 4 aromatic rings. The van der Waals surface area contributed by atoms with E-state index in [9.17, 15) is 4.79 Å². The number of fused-ring (bicyclic) bond motifs is 4. The number of amides is 1. The second-order valence-electron chi connectivity index (χ2n) is 12.1. The van der Waals surface area contributed by atoms with E-state index in [-0.39, 0.29) is 18.0 Å². The van der Waals surface area contributed by atoms with Crippen LogP contribution in [0.3, 0.4) is 0 Å². The summed E-state index contributed by atoms with van der Waals surface area (Å²) in [6.45, 7) is 3.12. The molecule has 0 spiro atoms. The molecule has 4 aromatic heterocycles. The maximum Gasteiger partial charge on any atom is 0.258 e. The van der Waals surface area contributed by atoms with Gasteiger partial charge < -0.3 is 19.9 Å². The third-order valence-corrected chi connectivity index (χ3v) is 9.58. The minimum atomic E-state index is -0.0632. The summed E-state index contributed by atoms with van der Waals surface area (Å²) in [5, 5.41) is 1.15. The van der Waals surface area contributed by atoms with Crippen LogP contribution in [0.4, 0.5) is 0 Å². The molecule has 2 aliphatic carbocycles. The van der Waals surface area contributed by atoms with Gasteiger partial charge in [0.15, 0.2) is 5.88 Å². The molecule has 0 unspecified atom stereocenters. The van der Waals surface area contributed by atoms with E-state index >= 15 is 0 Å². The molecule has 8 rings (SSSR count). The van der Waals surface area contributed by atoms with E-state index in [1.54, 1.807) is 7.11 Å². The average molecular weight is 537 g/mol. The Morgan fingerprint density at radius 3 is 2.62 bits per heavy atom. The molecule has 2 aliphatic heterocycles. The minimum absolute atomic E-state index is 0.0172. The molecule has 4 aliphatic rings. The quantitative estimate of drug-likeness (QED) is 0.340. The van der Waals surface area contributed by atoms with Gasteiger partial charge in [-0.25, -0.2) is 9.97 Å². The molecule has 206 valence electrons. The van der Waals surface area contributed by atoms with Gasteiger partial charge in [0.1, 0.15) is 17.0 Å². The first kappa shape index (κ1) is 24.2. The van der Waals surface area contributed by atoms with Crippen molar-refractivity contribution in [3.63, 3.8) is 0 Å². The topological polar surface area (TPSA) is 90.7 Å². The number of rotatable bonds is 7. The van der Waals surface area contributed by atoms with E-state index in [2.05, 4.69) is 40.2 Å². The molecule has 2 saturated carbocycles. The van der Waals surface area contributed by atoms with Crippen LogP contribution in [-0.4, -0.2) is 48.9 Å². The number of imidazole rings is 1. The molecule has 2 atom stereocenters. The van der Waals surface area contributed by atoms with Gasteiger partial charge in [-0.05, 0) is 75.1 Å². The molecule has 40 heavy (non-hydrogen) atoms. The van der Waals surface area contributed by atoms with E-state index < -0.39 is 0 Å². The number of aryl methyl sites for hydroxylation is 1. The fourth-order valence-corrected chi connectivity index (χ4v) is 7.02. The number of carbonyl (C=O) groups excluding carboxylic acids is 1. The van der Waals surface area contributed by atoms with Crippen LogP contribution in [0.25, 0.3) is 28.1 Å². The van der Waals surface area contributed by atoms with Crippen molar-refractivity contribution >= 4 is 22.6 Å².